The molecule has 2 atom stereocenters. The Morgan fingerprint density at radius 1 is 1.47 bits per heavy atom. The summed E-state index contributed by atoms with van der Waals surface area (Å²) in [5, 5.41) is 12.5. The molecule has 1 fully saturated rings. The van der Waals surface area contributed by atoms with Crippen molar-refractivity contribution in [1.29, 1.82) is 5.26 Å². The van der Waals surface area contributed by atoms with Gasteiger partial charge >= 0.3 is 0 Å². The summed E-state index contributed by atoms with van der Waals surface area (Å²) in [6.07, 6.45) is 3.35. The van der Waals surface area contributed by atoms with Crippen LogP contribution in [-0.2, 0) is 6.54 Å². The van der Waals surface area contributed by atoms with Crippen LogP contribution >= 0.6 is 15.9 Å². The predicted molar refractivity (Wildman–Crippen MR) is 72.5 cm³/mol. The average Bonchev–Trinajstić information content (AvgIpc) is 2.78. The largest absolute Gasteiger partial charge is 0.309 e. The summed E-state index contributed by atoms with van der Waals surface area (Å²) < 4.78 is 1.15. The molecular formula is C14H17BrN2. The highest BCUT2D eigenvalue weighted by Crippen LogP contribution is 2.25. The first-order chi connectivity index (χ1) is 8.20. The van der Waals surface area contributed by atoms with E-state index in [2.05, 4.69) is 52.4 Å². The number of hydrogen-bond acceptors (Lipinski definition) is 2. The van der Waals surface area contributed by atoms with Gasteiger partial charge < -0.3 is 5.32 Å². The number of halogens is 1. The molecule has 3 heteroatoms. The standard InChI is InChI=1S/C14H17BrN2/c1-10-5-6-11(7-13(10)15)9-17-14-4-2-3-12(14)8-16/h5-7,12,14,17H,2-4,9H2,1H3. The van der Waals surface area contributed by atoms with Crippen molar-refractivity contribution in [2.75, 3.05) is 0 Å². The van der Waals surface area contributed by atoms with Crippen LogP contribution in [0.2, 0.25) is 0 Å². The number of benzene rings is 1. The van der Waals surface area contributed by atoms with Crippen LogP contribution < -0.4 is 5.32 Å². The maximum Gasteiger partial charge on any atom is 0.0672 e. The molecule has 0 saturated heterocycles. The molecule has 2 nitrogen and oxygen atoms in total. The zero-order chi connectivity index (χ0) is 12.3. The maximum absolute atomic E-state index is 9.02. The highest BCUT2D eigenvalue weighted by Gasteiger charge is 2.26. The highest BCUT2D eigenvalue weighted by molar-refractivity contribution is 9.10. The summed E-state index contributed by atoms with van der Waals surface area (Å²) in [5.41, 5.74) is 2.52. The molecule has 0 spiro atoms. The van der Waals surface area contributed by atoms with E-state index in [1.54, 1.807) is 0 Å². The Hall–Kier alpha value is -0.850. The van der Waals surface area contributed by atoms with Gasteiger partial charge in [-0.15, -0.1) is 0 Å². The van der Waals surface area contributed by atoms with E-state index < -0.39 is 0 Å². The van der Waals surface area contributed by atoms with Gasteiger partial charge in [-0.3, -0.25) is 0 Å². The first-order valence-electron chi connectivity index (χ1n) is 6.08. The van der Waals surface area contributed by atoms with Crippen molar-refractivity contribution in [2.24, 2.45) is 5.92 Å². The topological polar surface area (TPSA) is 35.8 Å². The van der Waals surface area contributed by atoms with E-state index in [-0.39, 0.29) is 5.92 Å². The van der Waals surface area contributed by atoms with Crippen molar-refractivity contribution in [3.8, 4) is 6.07 Å². The molecule has 2 unspecified atom stereocenters. The third kappa shape index (κ3) is 3.08. The zero-order valence-electron chi connectivity index (χ0n) is 10.0. The van der Waals surface area contributed by atoms with Gasteiger partial charge in [-0.1, -0.05) is 34.5 Å². The van der Waals surface area contributed by atoms with Crippen LogP contribution in [0.15, 0.2) is 22.7 Å². The summed E-state index contributed by atoms with van der Waals surface area (Å²) in [7, 11) is 0. The zero-order valence-corrected chi connectivity index (χ0v) is 11.6. The van der Waals surface area contributed by atoms with Crippen molar-refractivity contribution in [1.82, 2.24) is 5.32 Å². The molecule has 1 saturated carbocycles. The minimum absolute atomic E-state index is 0.198. The van der Waals surface area contributed by atoms with E-state index in [1.165, 1.54) is 17.5 Å². The highest BCUT2D eigenvalue weighted by atomic mass is 79.9. The molecule has 0 bridgehead atoms. The molecular weight excluding hydrogens is 276 g/mol. The van der Waals surface area contributed by atoms with Crippen LogP contribution in [-0.4, -0.2) is 6.04 Å². The van der Waals surface area contributed by atoms with E-state index in [9.17, 15) is 0 Å². The van der Waals surface area contributed by atoms with Crippen molar-refractivity contribution < 1.29 is 0 Å². The SMILES string of the molecule is Cc1ccc(CNC2CCCC2C#N)cc1Br. The first kappa shape index (κ1) is 12.6. The van der Waals surface area contributed by atoms with Crippen molar-refractivity contribution in [2.45, 2.75) is 38.8 Å². The van der Waals surface area contributed by atoms with Crippen LogP contribution in [0, 0.1) is 24.2 Å². The molecule has 1 aromatic rings. The summed E-state index contributed by atoms with van der Waals surface area (Å²) >= 11 is 3.54. The lowest BCUT2D eigenvalue weighted by molar-refractivity contribution is 0.464. The summed E-state index contributed by atoms with van der Waals surface area (Å²) in [4.78, 5) is 0. The van der Waals surface area contributed by atoms with Crippen molar-refractivity contribution in [3.05, 3.63) is 33.8 Å². The summed E-state index contributed by atoms with van der Waals surface area (Å²) in [6.45, 7) is 2.94. The molecule has 0 amide bonds. The van der Waals surface area contributed by atoms with E-state index in [1.807, 2.05) is 0 Å². The van der Waals surface area contributed by atoms with Gasteiger partial charge in [0.25, 0.3) is 0 Å². The maximum atomic E-state index is 9.02. The quantitative estimate of drug-likeness (QED) is 0.925. The van der Waals surface area contributed by atoms with Crippen LogP contribution in [0.3, 0.4) is 0 Å². The van der Waals surface area contributed by atoms with E-state index in [0.717, 1.165) is 23.9 Å². The smallest absolute Gasteiger partial charge is 0.0672 e. The molecule has 1 N–H and O–H groups in total. The molecule has 2 rings (SSSR count). The lowest BCUT2D eigenvalue weighted by atomic mass is 10.1. The lowest BCUT2D eigenvalue weighted by Gasteiger charge is -2.15. The lowest BCUT2D eigenvalue weighted by Crippen LogP contribution is -2.31. The van der Waals surface area contributed by atoms with Crippen LogP contribution in [0.25, 0.3) is 0 Å². The number of aryl methyl sites for hydroxylation is 1. The van der Waals surface area contributed by atoms with Gasteiger partial charge in [-0.2, -0.15) is 5.26 Å². The number of nitrogens with one attached hydrogen (secondary N) is 1. The number of nitriles is 1. The normalized spacial score (nSPS) is 23.6. The molecule has 0 radical (unpaired) electrons. The van der Waals surface area contributed by atoms with Gasteiger partial charge in [0.2, 0.25) is 0 Å². The molecule has 90 valence electrons. The van der Waals surface area contributed by atoms with Gasteiger partial charge in [-0.05, 0) is 37.0 Å². The molecule has 0 aliphatic heterocycles. The Kier molecular flexibility index (Phi) is 4.20. The van der Waals surface area contributed by atoms with Gasteiger partial charge in [0.05, 0.1) is 12.0 Å². The second-order valence-electron chi connectivity index (χ2n) is 4.74. The van der Waals surface area contributed by atoms with Gasteiger partial charge in [0.1, 0.15) is 0 Å². The van der Waals surface area contributed by atoms with E-state index in [0.29, 0.717) is 6.04 Å². The van der Waals surface area contributed by atoms with Crippen molar-refractivity contribution in [3.63, 3.8) is 0 Å². The Labute approximate surface area is 111 Å². The second kappa shape index (κ2) is 5.66. The predicted octanol–water partition coefficient (Wildman–Crippen LogP) is 3.54. The molecule has 1 aromatic carbocycles. The molecule has 0 aromatic heterocycles. The monoisotopic (exact) mass is 292 g/mol. The van der Waals surface area contributed by atoms with Crippen LogP contribution in [0.4, 0.5) is 0 Å². The van der Waals surface area contributed by atoms with Crippen molar-refractivity contribution >= 4 is 15.9 Å². The Bertz CT molecular complexity index is 436. The molecule has 0 heterocycles. The number of rotatable bonds is 3. The first-order valence-corrected chi connectivity index (χ1v) is 6.88. The Morgan fingerprint density at radius 3 is 3.00 bits per heavy atom. The summed E-state index contributed by atoms with van der Waals surface area (Å²) in [6, 6.07) is 9.19. The van der Waals surface area contributed by atoms with E-state index >= 15 is 0 Å². The Morgan fingerprint density at radius 2 is 2.29 bits per heavy atom. The van der Waals surface area contributed by atoms with Gasteiger partial charge in [0, 0.05) is 17.1 Å². The fraction of sp³-hybridized carbons (Fsp3) is 0.500. The fourth-order valence-electron chi connectivity index (χ4n) is 2.35. The number of nitrogens with zero attached hydrogens (tertiary/aromatic N) is 1. The molecule has 1 aliphatic rings. The number of hydrogen-bond donors (Lipinski definition) is 1. The molecule has 1 aliphatic carbocycles. The van der Waals surface area contributed by atoms with Crippen LogP contribution in [0.5, 0.6) is 0 Å². The second-order valence-corrected chi connectivity index (χ2v) is 5.59. The minimum Gasteiger partial charge on any atom is -0.309 e. The minimum atomic E-state index is 0.198. The van der Waals surface area contributed by atoms with E-state index in [4.69, 9.17) is 5.26 Å². The average molecular weight is 293 g/mol. The van der Waals surface area contributed by atoms with Crippen LogP contribution in [0.1, 0.15) is 30.4 Å². The van der Waals surface area contributed by atoms with Gasteiger partial charge in [0.15, 0.2) is 0 Å². The van der Waals surface area contributed by atoms with Gasteiger partial charge in [-0.25, -0.2) is 0 Å². The third-order valence-corrected chi connectivity index (χ3v) is 4.34. The Balaban J connectivity index is 1.93. The fourth-order valence-corrected chi connectivity index (χ4v) is 2.78. The molecule has 17 heavy (non-hydrogen) atoms. The third-order valence-electron chi connectivity index (χ3n) is 3.49. The summed E-state index contributed by atoms with van der Waals surface area (Å²) in [5.74, 6) is 0.198.